The maximum Gasteiger partial charge on any atom is 0.416 e. The van der Waals surface area contributed by atoms with Crippen LogP contribution in [0.3, 0.4) is 0 Å². The number of halogens is 3. The van der Waals surface area contributed by atoms with Crippen molar-refractivity contribution in [1.29, 1.82) is 0 Å². The van der Waals surface area contributed by atoms with E-state index in [9.17, 15) is 13.2 Å². The Bertz CT molecular complexity index is 405. The lowest BCUT2D eigenvalue weighted by Gasteiger charge is -2.40. The molecule has 0 spiro atoms. The van der Waals surface area contributed by atoms with E-state index in [-0.39, 0.29) is 5.41 Å². The molecule has 2 rings (SSSR count). The molecule has 0 aliphatic heterocycles. The number of benzene rings is 1. The third-order valence-corrected chi connectivity index (χ3v) is 5.47. The maximum atomic E-state index is 12.6. The van der Waals surface area contributed by atoms with Gasteiger partial charge in [-0.2, -0.15) is 25.8 Å². The van der Waals surface area contributed by atoms with Crippen LogP contribution in [-0.4, -0.2) is 11.5 Å². The van der Waals surface area contributed by atoms with Gasteiger partial charge in [0, 0.05) is 10.6 Å². The first-order valence-electron chi connectivity index (χ1n) is 5.86. The van der Waals surface area contributed by atoms with E-state index >= 15 is 0 Å². The van der Waals surface area contributed by atoms with Crippen LogP contribution < -0.4 is 0 Å². The predicted octanol–water partition coefficient (Wildman–Crippen LogP) is 4.90. The fourth-order valence-corrected chi connectivity index (χ4v) is 3.85. The Morgan fingerprint density at radius 3 is 2.50 bits per heavy atom. The van der Waals surface area contributed by atoms with Crippen LogP contribution in [0.1, 0.15) is 24.8 Å². The summed E-state index contributed by atoms with van der Waals surface area (Å²) in [6.45, 7) is 0. The fraction of sp³-hybridized carbons (Fsp3) is 0.538. The van der Waals surface area contributed by atoms with Gasteiger partial charge in [-0.05, 0) is 42.2 Å². The van der Waals surface area contributed by atoms with Gasteiger partial charge >= 0.3 is 6.18 Å². The van der Waals surface area contributed by atoms with Gasteiger partial charge < -0.3 is 0 Å². The first-order valence-corrected chi connectivity index (χ1v) is 7.48. The highest BCUT2D eigenvalue weighted by Gasteiger charge is 2.35. The molecule has 5 heteroatoms. The van der Waals surface area contributed by atoms with E-state index in [1.807, 2.05) is 0 Å². The van der Waals surface area contributed by atoms with E-state index in [4.69, 9.17) is 0 Å². The molecule has 0 aromatic heterocycles. The molecule has 0 nitrogen and oxygen atoms in total. The van der Waals surface area contributed by atoms with Crippen LogP contribution in [0.15, 0.2) is 29.2 Å². The summed E-state index contributed by atoms with van der Waals surface area (Å²) < 4.78 is 37.7. The topological polar surface area (TPSA) is 0 Å². The number of hydrogen-bond donors (Lipinski definition) is 1. The van der Waals surface area contributed by atoms with Gasteiger partial charge in [0.25, 0.3) is 0 Å². The summed E-state index contributed by atoms with van der Waals surface area (Å²) in [6, 6.07) is 5.56. The highest BCUT2D eigenvalue weighted by atomic mass is 32.2. The van der Waals surface area contributed by atoms with Crippen LogP contribution in [0.25, 0.3) is 0 Å². The second kappa shape index (κ2) is 5.37. The minimum Gasteiger partial charge on any atom is -0.179 e. The molecule has 0 atom stereocenters. The average molecular weight is 292 g/mol. The lowest BCUT2D eigenvalue weighted by atomic mass is 9.72. The number of thioether (sulfide) groups is 1. The van der Waals surface area contributed by atoms with Crippen molar-refractivity contribution in [2.45, 2.75) is 30.3 Å². The molecule has 100 valence electrons. The van der Waals surface area contributed by atoms with Gasteiger partial charge in [-0.25, -0.2) is 0 Å². The zero-order chi connectivity index (χ0) is 13.2. The van der Waals surface area contributed by atoms with Gasteiger partial charge in [0.05, 0.1) is 5.56 Å². The van der Waals surface area contributed by atoms with Gasteiger partial charge in [-0.1, -0.05) is 12.5 Å². The molecule has 0 amide bonds. The molecule has 0 saturated heterocycles. The first-order chi connectivity index (χ1) is 8.45. The second-order valence-corrected chi connectivity index (χ2v) is 6.19. The monoisotopic (exact) mass is 292 g/mol. The van der Waals surface area contributed by atoms with Crippen molar-refractivity contribution in [3.8, 4) is 0 Å². The smallest absolute Gasteiger partial charge is 0.179 e. The molecule has 0 radical (unpaired) electrons. The van der Waals surface area contributed by atoms with Crippen LogP contribution in [-0.2, 0) is 6.18 Å². The van der Waals surface area contributed by atoms with Gasteiger partial charge in [-0.3, -0.25) is 0 Å². The molecule has 0 unspecified atom stereocenters. The number of thiol groups is 1. The van der Waals surface area contributed by atoms with Gasteiger partial charge in [-0.15, -0.1) is 11.8 Å². The molecule has 1 fully saturated rings. The Kier molecular flexibility index (Phi) is 4.22. The molecule has 0 bridgehead atoms. The molecule has 1 saturated carbocycles. The normalized spacial score (nSPS) is 18.4. The van der Waals surface area contributed by atoms with Crippen molar-refractivity contribution >= 4 is 24.4 Å². The maximum absolute atomic E-state index is 12.6. The zero-order valence-electron chi connectivity index (χ0n) is 9.83. The molecule has 18 heavy (non-hydrogen) atoms. The standard InChI is InChI=1S/C13H15F3S2/c14-13(15,16)10-3-1-4-11(7-10)18-9-12(8-17)5-2-6-12/h1,3-4,7,17H,2,5-6,8-9H2. The Morgan fingerprint density at radius 1 is 1.28 bits per heavy atom. The van der Waals surface area contributed by atoms with Crippen LogP contribution in [0, 0.1) is 5.41 Å². The summed E-state index contributed by atoms with van der Waals surface area (Å²) in [6.07, 6.45) is -0.761. The highest BCUT2D eigenvalue weighted by Crippen LogP contribution is 2.45. The summed E-state index contributed by atoms with van der Waals surface area (Å²) in [5, 5.41) is 0. The Morgan fingerprint density at radius 2 is 2.00 bits per heavy atom. The molecule has 1 aliphatic carbocycles. The molecular weight excluding hydrogens is 277 g/mol. The Labute approximate surface area is 115 Å². The molecular formula is C13H15F3S2. The predicted molar refractivity (Wildman–Crippen MR) is 72.3 cm³/mol. The lowest BCUT2D eigenvalue weighted by molar-refractivity contribution is -0.137. The molecule has 1 aliphatic rings. The minimum atomic E-state index is -4.26. The Balaban J connectivity index is 2.01. The van der Waals surface area contributed by atoms with E-state index < -0.39 is 11.7 Å². The van der Waals surface area contributed by atoms with E-state index in [2.05, 4.69) is 12.6 Å². The SMILES string of the molecule is FC(F)(F)c1cccc(SCC2(CS)CCC2)c1. The summed E-state index contributed by atoms with van der Waals surface area (Å²) in [4.78, 5) is 0.692. The molecule has 0 N–H and O–H groups in total. The van der Waals surface area contributed by atoms with Crippen molar-refractivity contribution < 1.29 is 13.2 Å². The molecule has 1 aromatic rings. The number of rotatable bonds is 4. The van der Waals surface area contributed by atoms with Crippen molar-refractivity contribution in [3.05, 3.63) is 29.8 Å². The van der Waals surface area contributed by atoms with Crippen LogP contribution in [0.2, 0.25) is 0 Å². The van der Waals surface area contributed by atoms with E-state index in [0.717, 1.165) is 30.4 Å². The van der Waals surface area contributed by atoms with E-state index in [1.165, 1.54) is 30.3 Å². The minimum absolute atomic E-state index is 0.238. The Hall–Kier alpha value is -0.290. The molecule has 0 heterocycles. The first kappa shape index (κ1) is 14.1. The van der Waals surface area contributed by atoms with Gasteiger partial charge in [0.15, 0.2) is 0 Å². The third kappa shape index (κ3) is 3.18. The van der Waals surface area contributed by atoms with Crippen LogP contribution in [0.5, 0.6) is 0 Å². The van der Waals surface area contributed by atoms with Crippen molar-refractivity contribution in [3.63, 3.8) is 0 Å². The van der Waals surface area contributed by atoms with Gasteiger partial charge in [0.2, 0.25) is 0 Å². The average Bonchev–Trinajstić information content (AvgIpc) is 2.27. The zero-order valence-corrected chi connectivity index (χ0v) is 11.5. The fourth-order valence-electron chi connectivity index (χ4n) is 2.02. The summed E-state index contributed by atoms with van der Waals surface area (Å²) in [5.41, 5.74) is -0.330. The summed E-state index contributed by atoms with van der Waals surface area (Å²) in [5.74, 6) is 1.68. The quantitative estimate of drug-likeness (QED) is 0.608. The van der Waals surface area contributed by atoms with Crippen LogP contribution in [0.4, 0.5) is 13.2 Å². The van der Waals surface area contributed by atoms with E-state index in [0.29, 0.717) is 4.90 Å². The summed E-state index contributed by atoms with van der Waals surface area (Å²) in [7, 11) is 0. The second-order valence-electron chi connectivity index (χ2n) is 4.83. The lowest BCUT2D eigenvalue weighted by Crippen LogP contribution is -2.33. The van der Waals surface area contributed by atoms with E-state index in [1.54, 1.807) is 6.07 Å². The summed E-state index contributed by atoms with van der Waals surface area (Å²) >= 11 is 5.86. The number of hydrogen-bond acceptors (Lipinski definition) is 2. The highest BCUT2D eigenvalue weighted by molar-refractivity contribution is 7.99. The van der Waals surface area contributed by atoms with Crippen LogP contribution >= 0.6 is 24.4 Å². The largest absolute Gasteiger partial charge is 0.416 e. The van der Waals surface area contributed by atoms with Gasteiger partial charge in [0.1, 0.15) is 0 Å². The van der Waals surface area contributed by atoms with Crippen molar-refractivity contribution in [2.75, 3.05) is 11.5 Å². The molecule has 1 aromatic carbocycles. The number of alkyl halides is 3. The van der Waals surface area contributed by atoms with Crippen molar-refractivity contribution in [1.82, 2.24) is 0 Å². The third-order valence-electron chi connectivity index (χ3n) is 3.46. The van der Waals surface area contributed by atoms with Crippen molar-refractivity contribution in [2.24, 2.45) is 5.41 Å².